The number of aryl methyl sites for hydroxylation is 3. The molecule has 0 unspecified atom stereocenters. The Morgan fingerprint density at radius 3 is 2.22 bits per heavy atom. The monoisotopic (exact) mass is 717 g/mol. The molecule has 0 aliphatic carbocycles. The van der Waals surface area contributed by atoms with Crippen LogP contribution < -0.4 is 0 Å². The van der Waals surface area contributed by atoms with E-state index in [2.05, 4.69) is 81.0 Å². The third kappa shape index (κ3) is 6.48. The molecular weight excluding hydrogens is 683 g/mol. The zero-order valence-electron chi connectivity index (χ0n) is 24.0. The molecule has 0 bridgehead atoms. The van der Waals surface area contributed by atoms with Crippen LogP contribution in [0.5, 0.6) is 5.75 Å². The maximum Gasteiger partial charge on any atom is 0.148 e. The van der Waals surface area contributed by atoms with Gasteiger partial charge in [-0.25, -0.2) is 4.98 Å². The number of aromatic nitrogens is 3. The summed E-state index contributed by atoms with van der Waals surface area (Å²) in [4.78, 5) is 8.97. The quantitative estimate of drug-likeness (QED) is 0.186. The summed E-state index contributed by atoms with van der Waals surface area (Å²) < 4.78 is 1.95. The second kappa shape index (κ2) is 13.1. The van der Waals surface area contributed by atoms with Crippen LogP contribution >= 0.6 is 0 Å². The van der Waals surface area contributed by atoms with Crippen LogP contribution in [-0.2, 0) is 20.1 Å². The van der Waals surface area contributed by atoms with Gasteiger partial charge in [0, 0.05) is 44.4 Å². The van der Waals surface area contributed by atoms with Crippen molar-refractivity contribution in [3.63, 3.8) is 0 Å². The van der Waals surface area contributed by atoms with E-state index in [1.807, 2.05) is 59.4 Å². The second-order valence-electron chi connectivity index (χ2n) is 10.4. The summed E-state index contributed by atoms with van der Waals surface area (Å²) in [7, 11) is 0. The Hall–Kier alpha value is -4.05. The largest absolute Gasteiger partial charge is 0.507 e. The zero-order chi connectivity index (χ0) is 28.2. The molecule has 0 saturated carbocycles. The van der Waals surface area contributed by atoms with Crippen molar-refractivity contribution in [3.8, 4) is 34.1 Å². The first-order chi connectivity index (χ1) is 19.3. The van der Waals surface area contributed by atoms with Gasteiger partial charge in [-0.3, -0.25) is 4.57 Å². The third-order valence-electron chi connectivity index (χ3n) is 7.10. The van der Waals surface area contributed by atoms with Crippen molar-refractivity contribution in [1.29, 1.82) is 0 Å². The van der Waals surface area contributed by atoms with Crippen LogP contribution in [-0.4, -0.2) is 19.6 Å². The fourth-order valence-electron chi connectivity index (χ4n) is 5.25. The fourth-order valence-corrected chi connectivity index (χ4v) is 5.25. The minimum absolute atomic E-state index is 0. The molecule has 0 fully saturated rings. The Morgan fingerprint density at radius 1 is 0.780 bits per heavy atom. The van der Waals surface area contributed by atoms with Crippen molar-refractivity contribution in [2.24, 2.45) is 0 Å². The molecule has 6 aromatic rings. The molecule has 209 valence electrons. The van der Waals surface area contributed by atoms with Gasteiger partial charge >= 0.3 is 0 Å². The molecule has 1 radical (unpaired) electrons. The van der Waals surface area contributed by atoms with Gasteiger partial charge in [-0.05, 0) is 70.8 Å². The van der Waals surface area contributed by atoms with E-state index in [4.69, 9.17) is 0 Å². The number of rotatable bonds is 4. The van der Waals surface area contributed by atoms with Crippen LogP contribution in [0.3, 0.4) is 0 Å². The summed E-state index contributed by atoms with van der Waals surface area (Å²) in [5.74, 6) is 1.51. The molecule has 41 heavy (non-hydrogen) atoms. The summed E-state index contributed by atoms with van der Waals surface area (Å²) in [5.41, 5.74) is 9.04. The summed E-state index contributed by atoms with van der Waals surface area (Å²) >= 11 is 0. The number of phenolic OH excluding ortho intramolecular Hbond substituents is 1. The predicted octanol–water partition coefficient (Wildman–Crippen LogP) is 8.99. The standard InChI is InChI=1S/C21H22N.C15H12N2O.Ir/c1-13(2)18-6-7-20-19(16(18)5)8-9-22-21(20)17-11-14(3)10-15(4)12-17;18-14-9-5-4-8-13(14)15-16-10-11-17(15)12-6-2-1-3-7-12;/h6-11,13H,1-5H3;1-11,18H;/q-1;;. The number of imidazole rings is 1. The Morgan fingerprint density at radius 2 is 1.51 bits per heavy atom. The first-order valence-electron chi connectivity index (χ1n) is 13.6. The molecule has 0 atom stereocenters. The second-order valence-corrected chi connectivity index (χ2v) is 10.4. The average molecular weight is 717 g/mol. The normalized spacial score (nSPS) is 10.7. The summed E-state index contributed by atoms with van der Waals surface area (Å²) in [5, 5.41) is 12.4. The van der Waals surface area contributed by atoms with Gasteiger partial charge in [-0.1, -0.05) is 70.2 Å². The molecule has 0 saturated heterocycles. The van der Waals surface area contributed by atoms with E-state index in [0.29, 0.717) is 5.92 Å². The minimum Gasteiger partial charge on any atom is -0.507 e. The smallest absolute Gasteiger partial charge is 0.148 e. The molecule has 5 heteroatoms. The molecular formula is C36H34IrN3O-. The fraction of sp³-hybridized carbons (Fsp3) is 0.167. The van der Waals surface area contributed by atoms with Crippen LogP contribution in [0.1, 0.15) is 42.0 Å². The number of para-hydroxylation sites is 2. The Labute approximate surface area is 256 Å². The molecule has 4 nitrogen and oxygen atoms in total. The number of benzene rings is 4. The SMILES string of the molecule is Cc1[c-]c(-c2nccc3c(C)c(C(C)C)ccc23)cc(C)c1.Oc1ccccc1-c1nccn1-c1ccccc1.[Ir]. The van der Waals surface area contributed by atoms with Crippen LogP contribution in [0.15, 0.2) is 104 Å². The summed E-state index contributed by atoms with van der Waals surface area (Å²) in [6, 6.07) is 31.5. The maximum atomic E-state index is 9.90. The van der Waals surface area contributed by atoms with Gasteiger partial charge in [0.15, 0.2) is 0 Å². The molecule has 4 aromatic carbocycles. The third-order valence-corrected chi connectivity index (χ3v) is 7.10. The number of phenols is 1. The van der Waals surface area contributed by atoms with Gasteiger partial charge in [0.1, 0.15) is 11.6 Å². The molecule has 6 rings (SSSR count). The van der Waals surface area contributed by atoms with Crippen LogP contribution in [0.4, 0.5) is 0 Å². The van der Waals surface area contributed by atoms with E-state index in [9.17, 15) is 5.11 Å². The van der Waals surface area contributed by atoms with Gasteiger partial charge in [0.2, 0.25) is 0 Å². The van der Waals surface area contributed by atoms with Gasteiger partial charge in [-0.15, -0.1) is 34.9 Å². The molecule has 2 heterocycles. The topological polar surface area (TPSA) is 50.9 Å². The van der Waals surface area contributed by atoms with Crippen LogP contribution in [0.2, 0.25) is 0 Å². The summed E-state index contributed by atoms with van der Waals surface area (Å²) in [6.07, 6.45) is 5.53. The van der Waals surface area contributed by atoms with Crippen molar-refractivity contribution < 1.29 is 25.2 Å². The average Bonchev–Trinajstić information content (AvgIpc) is 3.43. The van der Waals surface area contributed by atoms with Crippen molar-refractivity contribution >= 4 is 10.8 Å². The van der Waals surface area contributed by atoms with Gasteiger partial charge in [0.05, 0.1) is 5.56 Å². The van der Waals surface area contributed by atoms with Crippen molar-refractivity contribution in [2.45, 2.75) is 40.5 Å². The maximum absolute atomic E-state index is 9.90. The number of nitrogens with zero attached hydrogens (tertiary/aromatic N) is 3. The van der Waals surface area contributed by atoms with E-state index in [1.54, 1.807) is 18.3 Å². The first kappa shape index (κ1) is 29.9. The van der Waals surface area contributed by atoms with E-state index in [1.165, 1.54) is 27.5 Å². The van der Waals surface area contributed by atoms with Gasteiger partial charge < -0.3 is 10.1 Å². The molecule has 0 spiro atoms. The Kier molecular flexibility index (Phi) is 9.54. The van der Waals surface area contributed by atoms with Gasteiger partial charge in [0.25, 0.3) is 0 Å². The molecule has 1 N–H and O–H groups in total. The Bertz CT molecular complexity index is 1750. The van der Waals surface area contributed by atoms with Crippen molar-refractivity contribution in [2.75, 3.05) is 0 Å². The van der Waals surface area contributed by atoms with Crippen molar-refractivity contribution in [1.82, 2.24) is 14.5 Å². The molecule has 0 amide bonds. The molecule has 0 aliphatic rings. The number of fused-ring (bicyclic) bond motifs is 1. The number of pyridine rings is 1. The number of aromatic hydroxyl groups is 1. The van der Waals surface area contributed by atoms with E-state index < -0.39 is 0 Å². The molecule has 0 aliphatic heterocycles. The van der Waals surface area contributed by atoms with E-state index >= 15 is 0 Å². The summed E-state index contributed by atoms with van der Waals surface area (Å²) in [6.45, 7) is 10.9. The first-order valence-corrected chi connectivity index (χ1v) is 13.6. The van der Waals surface area contributed by atoms with Crippen molar-refractivity contribution in [3.05, 3.63) is 132 Å². The van der Waals surface area contributed by atoms with Crippen LogP contribution in [0.25, 0.3) is 39.1 Å². The Balaban J connectivity index is 0.000000188. The van der Waals surface area contributed by atoms with Gasteiger partial charge in [-0.2, -0.15) is 0 Å². The van der Waals surface area contributed by atoms with E-state index in [0.717, 1.165) is 33.9 Å². The predicted molar refractivity (Wildman–Crippen MR) is 165 cm³/mol. The number of hydrogen-bond acceptors (Lipinski definition) is 3. The molecule has 2 aromatic heterocycles. The van der Waals surface area contributed by atoms with Crippen LogP contribution in [0, 0.1) is 26.8 Å². The minimum atomic E-state index is 0. The zero-order valence-corrected chi connectivity index (χ0v) is 26.4. The van der Waals surface area contributed by atoms with E-state index in [-0.39, 0.29) is 25.9 Å². The number of hydrogen-bond donors (Lipinski definition) is 1.